The van der Waals surface area contributed by atoms with Gasteiger partial charge in [0.15, 0.2) is 0 Å². The predicted molar refractivity (Wildman–Crippen MR) is 83.5 cm³/mol. The molecule has 0 N–H and O–H groups in total. The zero-order valence-electron chi connectivity index (χ0n) is 13.6. The number of hydrogen-bond donors (Lipinski definition) is 0. The average Bonchev–Trinajstić information content (AvgIpc) is 2.33. The fraction of sp³-hybridized carbons (Fsp3) is 0.889. The molecule has 0 fully saturated rings. The van der Waals surface area contributed by atoms with Crippen LogP contribution in [-0.2, 0) is 0 Å². The maximum atomic E-state index is 3.43. The van der Waals surface area contributed by atoms with E-state index in [2.05, 4.69) is 46.5 Å². The summed E-state index contributed by atoms with van der Waals surface area (Å²) < 4.78 is 0. The van der Waals surface area contributed by atoms with Gasteiger partial charge in [-0.3, -0.25) is 0 Å². The summed E-state index contributed by atoms with van der Waals surface area (Å²) in [5, 5.41) is 0. The lowest BCUT2D eigenvalue weighted by Crippen LogP contribution is -2.17. The second kappa shape index (κ2) is 10.5. The van der Waals surface area contributed by atoms with E-state index < -0.39 is 0 Å². The minimum Gasteiger partial charge on any atom is -0.106 e. The van der Waals surface area contributed by atoms with E-state index in [-0.39, 0.29) is 0 Å². The highest BCUT2D eigenvalue weighted by atomic mass is 14.2. The van der Waals surface area contributed by atoms with E-state index in [4.69, 9.17) is 0 Å². The third-order valence-corrected chi connectivity index (χ3v) is 4.36. The van der Waals surface area contributed by atoms with Crippen LogP contribution in [-0.4, -0.2) is 0 Å². The van der Waals surface area contributed by atoms with Gasteiger partial charge < -0.3 is 0 Å². The summed E-state index contributed by atoms with van der Waals surface area (Å²) in [4.78, 5) is 0. The van der Waals surface area contributed by atoms with Crippen LogP contribution < -0.4 is 0 Å². The fourth-order valence-electron chi connectivity index (χ4n) is 2.59. The molecule has 0 rings (SSSR count). The molecule has 0 nitrogen and oxygen atoms in total. The normalized spacial score (nSPS) is 15.9. The molecule has 0 saturated carbocycles. The van der Waals surface area contributed by atoms with Crippen molar-refractivity contribution in [3.63, 3.8) is 0 Å². The maximum Gasteiger partial charge on any atom is 0.0205 e. The Labute approximate surface area is 116 Å². The molecule has 0 aromatic carbocycles. The molecule has 3 unspecified atom stereocenters. The van der Waals surface area contributed by atoms with E-state index in [1.54, 1.807) is 0 Å². The molecule has 0 aliphatic rings. The van der Waals surface area contributed by atoms with Gasteiger partial charge >= 0.3 is 0 Å². The summed E-state index contributed by atoms with van der Waals surface area (Å²) >= 11 is 0. The molecule has 106 valence electrons. The van der Waals surface area contributed by atoms with Gasteiger partial charge in [0, 0.05) is 5.92 Å². The minimum atomic E-state index is 0.628. The Morgan fingerprint density at radius 3 is 2.11 bits per heavy atom. The zero-order valence-corrected chi connectivity index (χ0v) is 13.6. The van der Waals surface area contributed by atoms with Crippen molar-refractivity contribution >= 4 is 0 Å². The molecular weight excluding hydrogens is 216 g/mol. The molecule has 0 heterocycles. The number of rotatable bonds is 9. The standard InChI is InChI=1S/C18H34/c1-7-9-10-11-13-18(12-8-2)14-16(5)17(6)15(3)4/h15-18H,7,9-11,13-14H2,1-6H3. The fourth-order valence-corrected chi connectivity index (χ4v) is 2.59. The van der Waals surface area contributed by atoms with Crippen LogP contribution in [0.1, 0.15) is 80.1 Å². The predicted octanol–water partition coefficient (Wildman–Crippen LogP) is 5.91. The van der Waals surface area contributed by atoms with Crippen LogP contribution in [0.15, 0.2) is 0 Å². The van der Waals surface area contributed by atoms with Gasteiger partial charge in [-0.15, -0.1) is 11.8 Å². The summed E-state index contributed by atoms with van der Waals surface area (Å²) in [7, 11) is 0. The molecule has 0 radical (unpaired) electrons. The molecule has 0 amide bonds. The first-order chi connectivity index (χ1) is 8.52. The van der Waals surface area contributed by atoms with Crippen LogP contribution in [0, 0.1) is 35.5 Å². The third-order valence-electron chi connectivity index (χ3n) is 4.36. The lowest BCUT2D eigenvalue weighted by molar-refractivity contribution is 0.258. The van der Waals surface area contributed by atoms with Crippen molar-refractivity contribution in [1.82, 2.24) is 0 Å². The van der Waals surface area contributed by atoms with Crippen LogP contribution in [0.4, 0.5) is 0 Å². The Balaban J connectivity index is 4.12. The third kappa shape index (κ3) is 7.80. The van der Waals surface area contributed by atoms with Gasteiger partial charge in [-0.1, -0.05) is 60.3 Å². The Morgan fingerprint density at radius 1 is 0.944 bits per heavy atom. The van der Waals surface area contributed by atoms with Gasteiger partial charge in [0.2, 0.25) is 0 Å². The lowest BCUT2D eigenvalue weighted by Gasteiger charge is -2.25. The smallest absolute Gasteiger partial charge is 0.0205 e. The van der Waals surface area contributed by atoms with Crippen LogP contribution in [0.2, 0.25) is 0 Å². The van der Waals surface area contributed by atoms with Crippen LogP contribution in [0.5, 0.6) is 0 Å². The highest BCUT2D eigenvalue weighted by molar-refractivity contribution is 5.01. The van der Waals surface area contributed by atoms with Crippen molar-refractivity contribution in [1.29, 1.82) is 0 Å². The SMILES string of the molecule is CC#CC(CCCCCC)CC(C)C(C)C(C)C. The minimum absolute atomic E-state index is 0.628. The first kappa shape index (κ1) is 17.6. The van der Waals surface area contributed by atoms with Crippen molar-refractivity contribution in [2.24, 2.45) is 23.7 Å². The summed E-state index contributed by atoms with van der Waals surface area (Å²) in [6, 6.07) is 0. The van der Waals surface area contributed by atoms with Gasteiger partial charge in [-0.25, -0.2) is 0 Å². The van der Waals surface area contributed by atoms with E-state index in [0.717, 1.165) is 17.8 Å². The van der Waals surface area contributed by atoms with Gasteiger partial charge in [-0.2, -0.15) is 0 Å². The van der Waals surface area contributed by atoms with Crippen molar-refractivity contribution in [2.75, 3.05) is 0 Å². The van der Waals surface area contributed by atoms with Crippen molar-refractivity contribution < 1.29 is 0 Å². The Hall–Kier alpha value is -0.440. The van der Waals surface area contributed by atoms with Crippen molar-refractivity contribution in [3.05, 3.63) is 0 Å². The highest BCUT2D eigenvalue weighted by Crippen LogP contribution is 2.28. The topological polar surface area (TPSA) is 0 Å². The van der Waals surface area contributed by atoms with Crippen molar-refractivity contribution in [2.45, 2.75) is 80.1 Å². The van der Waals surface area contributed by atoms with E-state index in [0.29, 0.717) is 5.92 Å². The molecule has 0 aliphatic heterocycles. The quantitative estimate of drug-likeness (QED) is 0.352. The van der Waals surface area contributed by atoms with Gasteiger partial charge in [0.05, 0.1) is 0 Å². The van der Waals surface area contributed by atoms with Crippen LogP contribution >= 0.6 is 0 Å². The molecule has 0 bridgehead atoms. The summed E-state index contributed by atoms with van der Waals surface area (Å²) in [5.74, 6) is 9.58. The molecule has 0 saturated heterocycles. The molecule has 18 heavy (non-hydrogen) atoms. The van der Waals surface area contributed by atoms with Crippen LogP contribution in [0.3, 0.4) is 0 Å². The Kier molecular flexibility index (Phi) is 10.2. The Morgan fingerprint density at radius 2 is 1.61 bits per heavy atom. The molecular formula is C18H34. The second-order valence-electron chi connectivity index (χ2n) is 6.26. The summed E-state index contributed by atoms with van der Waals surface area (Å²) in [6.07, 6.45) is 8.03. The van der Waals surface area contributed by atoms with Gasteiger partial charge in [0.1, 0.15) is 0 Å². The molecule has 0 aliphatic carbocycles. The summed E-state index contributed by atoms with van der Waals surface area (Å²) in [5.41, 5.74) is 0. The first-order valence-corrected chi connectivity index (χ1v) is 7.95. The molecule has 0 heteroatoms. The molecule has 0 aromatic heterocycles. The summed E-state index contributed by atoms with van der Waals surface area (Å²) in [6.45, 7) is 13.7. The van der Waals surface area contributed by atoms with E-state index in [1.165, 1.54) is 38.5 Å². The zero-order chi connectivity index (χ0) is 14.0. The largest absolute Gasteiger partial charge is 0.106 e. The lowest BCUT2D eigenvalue weighted by atomic mass is 9.80. The second-order valence-corrected chi connectivity index (χ2v) is 6.26. The van der Waals surface area contributed by atoms with E-state index in [9.17, 15) is 0 Å². The van der Waals surface area contributed by atoms with E-state index >= 15 is 0 Å². The van der Waals surface area contributed by atoms with Gasteiger partial charge in [0.25, 0.3) is 0 Å². The van der Waals surface area contributed by atoms with Crippen molar-refractivity contribution in [3.8, 4) is 11.8 Å². The molecule has 0 spiro atoms. The number of hydrogen-bond acceptors (Lipinski definition) is 0. The first-order valence-electron chi connectivity index (χ1n) is 7.95. The van der Waals surface area contributed by atoms with E-state index in [1.807, 2.05) is 6.92 Å². The maximum absolute atomic E-state index is 3.43. The van der Waals surface area contributed by atoms with Crippen LogP contribution in [0.25, 0.3) is 0 Å². The molecule has 3 atom stereocenters. The Bertz CT molecular complexity index is 240. The highest BCUT2D eigenvalue weighted by Gasteiger charge is 2.19. The van der Waals surface area contributed by atoms with Gasteiger partial charge in [-0.05, 0) is 37.5 Å². The average molecular weight is 250 g/mol. The monoisotopic (exact) mass is 250 g/mol. The molecule has 0 aromatic rings. The number of unbranched alkanes of at least 4 members (excludes halogenated alkanes) is 3.